The van der Waals surface area contributed by atoms with Crippen LogP contribution in [0.3, 0.4) is 0 Å². The minimum Gasteiger partial charge on any atom is -0.366 e. The van der Waals surface area contributed by atoms with Crippen molar-refractivity contribution < 1.29 is 9.59 Å². The van der Waals surface area contributed by atoms with Gasteiger partial charge in [-0.15, -0.1) is 0 Å². The number of rotatable bonds is 4. The number of aryl methyl sites for hydroxylation is 1. The smallest absolute Gasteiger partial charge is 0.253 e. The molecule has 2 rings (SSSR count). The summed E-state index contributed by atoms with van der Waals surface area (Å²) >= 11 is 5.95. The topological polar surface area (TPSA) is 96.0 Å². The number of nitrogens with two attached hydrogens (primary N) is 1. The fourth-order valence-electron chi connectivity index (χ4n) is 2.43. The fraction of sp³-hybridized carbons (Fsp3) is 0.400. The van der Waals surface area contributed by atoms with E-state index in [9.17, 15) is 14.9 Å². The number of amides is 2. The SMILES string of the molecule is Cc1cc(Cl)cc(C(=O)NC(C)(C#N)C2CC2)c1C(N)=O. The monoisotopic (exact) mass is 305 g/mol. The van der Waals surface area contributed by atoms with Crippen LogP contribution in [0.1, 0.15) is 46.0 Å². The Morgan fingerprint density at radius 2 is 2.10 bits per heavy atom. The van der Waals surface area contributed by atoms with E-state index >= 15 is 0 Å². The molecule has 0 radical (unpaired) electrons. The Labute approximate surface area is 128 Å². The molecule has 6 heteroatoms. The van der Waals surface area contributed by atoms with Crippen LogP contribution in [0.15, 0.2) is 12.1 Å². The predicted molar refractivity (Wildman–Crippen MR) is 78.9 cm³/mol. The quantitative estimate of drug-likeness (QED) is 0.892. The van der Waals surface area contributed by atoms with Crippen molar-refractivity contribution in [3.05, 3.63) is 33.8 Å². The summed E-state index contributed by atoms with van der Waals surface area (Å²) in [5, 5.41) is 12.3. The molecule has 1 fully saturated rings. The summed E-state index contributed by atoms with van der Waals surface area (Å²) in [7, 11) is 0. The van der Waals surface area contributed by atoms with Crippen molar-refractivity contribution in [3.63, 3.8) is 0 Å². The molecule has 21 heavy (non-hydrogen) atoms. The van der Waals surface area contributed by atoms with Crippen LogP contribution >= 0.6 is 11.6 Å². The maximum Gasteiger partial charge on any atom is 0.253 e. The first-order chi connectivity index (χ1) is 9.78. The zero-order valence-corrected chi connectivity index (χ0v) is 12.6. The van der Waals surface area contributed by atoms with Gasteiger partial charge in [-0.1, -0.05) is 11.6 Å². The van der Waals surface area contributed by atoms with E-state index in [2.05, 4.69) is 11.4 Å². The highest BCUT2D eigenvalue weighted by Gasteiger charge is 2.43. The summed E-state index contributed by atoms with van der Waals surface area (Å²) in [4.78, 5) is 24.0. The molecular weight excluding hydrogens is 290 g/mol. The lowest BCUT2D eigenvalue weighted by Crippen LogP contribution is -2.47. The third-order valence-electron chi connectivity index (χ3n) is 3.79. The Morgan fingerprint density at radius 1 is 1.48 bits per heavy atom. The van der Waals surface area contributed by atoms with Crippen molar-refractivity contribution in [2.45, 2.75) is 32.2 Å². The van der Waals surface area contributed by atoms with Gasteiger partial charge in [-0.3, -0.25) is 9.59 Å². The third-order valence-corrected chi connectivity index (χ3v) is 4.01. The van der Waals surface area contributed by atoms with Crippen molar-refractivity contribution in [2.24, 2.45) is 11.7 Å². The first-order valence-corrected chi connectivity index (χ1v) is 7.00. The van der Waals surface area contributed by atoms with E-state index < -0.39 is 17.4 Å². The van der Waals surface area contributed by atoms with E-state index in [4.69, 9.17) is 17.3 Å². The highest BCUT2D eigenvalue weighted by atomic mass is 35.5. The van der Waals surface area contributed by atoms with Crippen LogP contribution in [0.4, 0.5) is 0 Å². The van der Waals surface area contributed by atoms with Crippen LogP contribution in [0.5, 0.6) is 0 Å². The summed E-state index contributed by atoms with van der Waals surface area (Å²) < 4.78 is 0. The standard InChI is InChI=1S/C15H16ClN3O2/c1-8-5-10(16)6-11(12(8)13(18)20)14(21)19-15(2,7-17)9-3-4-9/h5-6,9H,3-4H2,1-2H3,(H2,18,20)(H,19,21). The Bertz CT molecular complexity index is 662. The van der Waals surface area contributed by atoms with Crippen molar-refractivity contribution in [1.82, 2.24) is 5.32 Å². The van der Waals surface area contributed by atoms with Gasteiger partial charge in [0.15, 0.2) is 0 Å². The Balaban J connectivity index is 2.39. The van der Waals surface area contributed by atoms with E-state index in [-0.39, 0.29) is 17.0 Å². The van der Waals surface area contributed by atoms with Crippen LogP contribution in [0, 0.1) is 24.2 Å². The number of hydrogen-bond donors (Lipinski definition) is 2. The van der Waals surface area contributed by atoms with Gasteiger partial charge in [-0.25, -0.2) is 0 Å². The highest BCUT2D eigenvalue weighted by Crippen LogP contribution is 2.39. The molecule has 1 aromatic carbocycles. The summed E-state index contributed by atoms with van der Waals surface area (Å²) in [6, 6.07) is 5.11. The lowest BCUT2D eigenvalue weighted by Gasteiger charge is -2.23. The van der Waals surface area contributed by atoms with E-state index in [0.29, 0.717) is 10.6 Å². The highest BCUT2D eigenvalue weighted by molar-refractivity contribution is 6.31. The van der Waals surface area contributed by atoms with Crippen LogP contribution in [0.25, 0.3) is 0 Å². The number of nitrogens with one attached hydrogen (secondary N) is 1. The maximum absolute atomic E-state index is 12.5. The fourth-order valence-corrected chi connectivity index (χ4v) is 2.71. The Morgan fingerprint density at radius 3 is 2.57 bits per heavy atom. The third kappa shape index (κ3) is 3.01. The maximum atomic E-state index is 12.5. The number of carbonyl (C=O) groups is 2. The van der Waals surface area contributed by atoms with Crippen LogP contribution in [0.2, 0.25) is 5.02 Å². The summed E-state index contributed by atoms with van der Waals surface area (Å²) in [6.07, 6.45) is 1.81. The molecule has 5 nitrogen and oxygen atoms in total. The van der Waals surface area contributed by atoms with E-state index in [0.717, 1.165) is 12.8 Å². The molecule has 1 aromatic rings. The average Bonchev–Trinajstić information content (AvgIpc) is 3.21. The molecule has 1 unspecified atom stereocenters. The van der Waals surface area contributed by atoms with Gasteiger partial charge in [0.05, 0.1) is 17.2 Å². The van der Waals surface area contributed by atoms with Crippen LogP contribution in [-0.4, -0.2) is 17.4 Å². The molecule has 0 aromatic heterocycles. The molecule has 0 aliphatic heterocycles. The molecule has 0 spiro atoms. The second-order valence-corrected chi connectivity index (χ2v) is 5.99. The van der Waals surface area contributed by atoms with Gasteiger partial charge in [0.1, 0.15) is 5.54 Å². The molecule has 3 N–H and O–H groups in total. The van der Waals surface area contributed by atoms with Crippen molar-refractivity contribution in [1.29, 1.82) is 5.26 Å². The van der Waals surface area contributed by atoms with Gasteiger partial charge in [0.25, 0.3) is 5.91 Å². The number of hydrogen-bond acceptors (Lipinski definition) is 3. The molecule has 110 valence electrons. The molecule has 0 bridgehead atoms. The lowest BCUT2D eigenvalue weighted by molar-refractivity contribution is 0.0904. The van der Waals surface area contributed by atoms with E-state index in [1.807, 2.05) is 0 Å². The van der Waals surface area contributed by atoms with Gasteiger partial charge < -0.3 is 11.1 Å². The first kappa shape index (κ1) is 15.3. The number of carbonyl (C=O) groups excluding carboxylic acids is 2. The normalized spacial score (nSPS) is 16.7. The van der Waals surface area contributed by atoms with Gasteiger partial charge in [0.2, 0.25) is 5.91 Å². The van der Waals surface area contributed by atoms with E-state index in [1.165, 1.54) is 6.07 Å². The summed E-state index contributed by atoms with van der Waals surface area (Å²) in [6.45, 7) is 3.34. The molecule has 2 amide bonds. The minimum atomic E-state index is -0.942. The molecular formula is C15H16ClN3O2. The van der Waals surface area contributed by atoms with Crippen molar-refractivity contribution >= 4 is 23.4 Å². The lowest BCUT2D eigenvalue weighted by atomic mass is 9.95. The average molecular weight is 306 g/mol. The second-order valence-electron chi connectivity index (χ2n) is 5.55. The molecule has 1 saturated carbocycles. The Hall–Kier alpha value is -2.06. The number of benzene rings is 1. The number of halogens is 1. The summed E-state index contributed by atoms with van der Waals surface area (Å²) in [5.41, 5.74) is 5.17. The molecule has 0 heterocycles. The molecule has 1 aliphatic rings. The van der Waals surface area contributed by atoms with Crippen molar-refractivity contribution in [2.75, 3.05) is 0 Å². The van der Waals surface area contributed by atoms with Gasteiger partial charge in [0, 0.05) is 5.02 Å². The first-order valence-electron chi connectivity index (χ1n) is 6.62. The zero-order valence-electron chi connectivity index (χ0n) is 11.9. The number of nitriles is 1. The van der Waals surface area contributed by atoms with Crippen LogP contribution in [-0.2, 0) is 0 Å². The molecule has 0 saturated heterocycles. The second kappa shape index (κ2) is 5.38. The largest absolute Gasteiger partial charge is 0.366 e. The van der Waals surface area contributed by atoms with Gasteiger partial charge >= 0.3 is 0 Å². The summed E-state index contributed by atoms with van der Waals surface area (Å²) in [5.74, 6) is -1.06. The van der Waals surface area contributed by atoms with Crippen molar-refractivity contribution in [3.8, 4) is 6.07 Å². The minimum absolute atomic E-state index is 0.106. The zero-order chi connectivity index (χ0) is 15.8. The van der Waals surface area contributed by atoms with Gasteiger partial charge in [-0.05, 0) is 50.3 Å². The molecule has 1 atom stereocenters. The number of primary amides is 1. The van der Waals surface area contributed by atoms with Crippen LogP contribution < -0.4 is 11.1 Å². The Kier molecular flexibility index (Phi) is 3.93. The molecule has 1 aliphatic carbocycles. The predicted octanol–water partition coefficient (Wildman–Crippen LogP) is 2.17. The number of nitrogens with zero attached hydrogens (tertiary/aromatic N) is 1. The van der Waals surface area contributed by atoms with Gasteiger partial charge in [-0.2, -0.15) is 5.26 Å². The van der Waals surface area contributed by atoms with E-state index in [1.54, 1.807) is 19.9 Å².